The fraction of sp³-hybridized carbons (Fsp3) is 0.318. The molecule has 7 heteroatoms. The van der Waals surface area contributed by atoms with Crippen molar-refractivity contribution in [1.29, 1.82) is 0 Å². The molecule has 3 aromatic rings. The molecule has 150 valence electrons. The van der Waals surface area contributed by atoms with E-state index in [2.05, 4.69) is 10.1 Å². The molecule has 1 amide bonds. The predicted octanol–water partition coefficient (Wildman–Crippen LogP) is 3.35. The van der Waals surface area contributed by atoms with E-state index < -0.39 is 10.8 Å². The molecule has 29 heavy (non-hydrogen) atoms. The molecule has 1 aliphatic rings. The summed E-state index contributed by atoms with van der Waals surface area (Å²) in [5, 5.41) is 3.98. The Morgan fingerprint density at radius 3 is 2.41 bits per heavy atom. The van der Waals surface area contributed by atoms with Gasteiger partial charge in [-0.2, -0.15) is 4.98 Å². The third-order valence-electron chi connectivity index (χ3n) is 4.92. The zero-order valence-electron chi connectivity index (χ0n) is 16.1. The fourth-order valence-corrected chi connectivity index (χ4v) is 4.48. The smallest absolute Gasteiger partial charge is 0.253 e. The van der Waals surface area contributed by atoms with Gasteiger partial charge in [-0.05, 0) is 36.1 Å². The Morgan fingerprint density at radius 2 is 1.69 bits per heavy atom. The van der Waals surface area contributed by atoms with Gasteiger partial charge in [0.25, 0.3) is 5.91 Å². The predicted molar refractivity (Wildman–Crippen MR) is 111 cm³/mol. The Bertz CT molecular complexity index is 980. The third-order valence-corrected chi connectivity index (χ3v) is 6.15. The topological polar surface area (TPSA) is 76.3 Å². The normalized spacial score (nSPS) is 14.8. The lowest BCUT2D eigenvalue weighted by Gasteiger charge is -2.15. The van der Waals surface area contributed by atoms with Crippen molar-refractivity contribution in [1.82, 2.24) is 15.0 Å². The molecule has 1 fully saturated rings. The van der Waals surface area contributed by atoms with Crippen LogP contribution in [0.4, 0.5) is 0 Å². The summed E-state index contributed by atoms with van der Waals surface area (Å²) in [5.74, 6) is 1.65. The summed E-state index contributed by atoms with van der Waals surface area (Å²) in [6.07, 6.45) is 2.74. The minimum absolute atomic E-state index is 0.0759. The highest BCUT2D eigenvalue weighted by atomic mass is 32.2. The number of hydrogen-bond acceptors (Lipinski definition) is 5. The molecule has 2 aromatic carbocycles. The number of nitrogens with zero attached hydrogens (tertiary/aromatic N) is 3. The van der Waals surface area contributed by atoms with Gasteiger partial charge in [-0.3, -0.25) is 9.00 Å². The fourth-order valence-electron chi connectivity index (χ4n) is 3.42. The Hall–Kier alpha value is -2.80. The quantitative estimate of drug-likeness (QED) is 0.598. The highest BCUT2D eigenvalue weighted by Crippen LogP contribution is 2.15. The molecule has 0 spiro atoms. The molecule has 0 N–H and O–H groups in total. The second-order valence-corrected chi connectivity index (χ2v) is 8.65. The maximum absolute atomic E-state index is 12.5. The zero-order chi connectivity index (χ0) is 20.1. The van der Waals surface area contributed by atoms with Gasteiger partial charge in [0, 0.05) is 41.6 Å². The molecule has 1 saturated heterocycles. The van der Waals surface area contributed by atoms with Crippen molar-refractivity contribution in [3.05, 3.63) is 83.0 Å². The second-order valence-electron chi connectivity index (χ2n) is 7.19. The lowest BCUT2D eigenvalue weighted by molar-refractivity contribution is 0.0793. The molecular formula is C22H23N3O3S. The number of carbonyl (C=O) groups is 1. The van der Waals surface area contributed by atoms with E-state index in [1.54, 1.807) is 0 Å². The Labute approximate surface area is 172 Å². The number of aromatic nitrogens is 2. The van der Waals surface area contributed by atoms with E-state index in [1.807, 2.05) is 59.5 Å². The van der Waals surface area contributed by atoms with E-state index in [0.29, 0.717) is 29.5 Å². The van der Waals surface area contributed by atoms with Crippen molar-refractivity contribution < 1.29 is 13.5 Å². The SMILES string of the molecule is O=C(c1ccc(CS(=O)Cc2nc(Cc3ccccc3)no2)cc1)N1CCCC1. The molecular weight excluding hydrogens is 386 g/mol. The van der Waals surface area contributed by atoms with Crippen LogP contribution in [0.1, 0.15) is 46.0 Å². The summed E-state index contributed by atoms with van der Waals surface area (Å²) < 4.78 is 17.7. The van der Waals surface area contributed by atoms with Crippen molar-refractivity contribution in [2.75, 3.05) is 13.1 Å². The summed E-state index contributed by atoms with van der Waals surface area (Å²) in [6, 6.07) is 17.3. The van der Waals surface area contributed by atoms with Gasteiger partial charge in [0.05, 0.1) is 0 Å². The molecule has 1 aliphatic heterocycles. The minimum atomic E-state index is -1.17. The molecule has 6 nitrogen and oxygen atoms in total. The van der Waals surface area contributed by atoms with E-state index in [4.69, 9.17) is 4.52 Å². The Morgan fingerprint density at radius 1 is 0.966 bits per heavy atom. The van der Waals surface area contributed by atoms with E-state index in [0.717, 1.165) is 37.1 Å². The summed E-state index contributed by atoms with van der Waals surface area (Å²) in [6.45, 7) is 1.67. The average Bonchev–Trinajstić information content (AvgIpc) is 3.41. The number of carbonyl (C=O) groups excluding carboxylic acids is 1. The average molecular weight is 410 g/mol. The lowest BCUT2D eigenvalue weighted by Crippen LogP contribution is -2.27. The lowest BCUT2D eigenvalue weighted by atomic mass is 10.1. The van der Waals surface area contributed by atoms with Gasteiger partial charge >= 0.3 is 0 Å². The van der Waals surface area contributed by atoms with Crippen LogP contribution < -0.4 is 0 Å². The monoisotopic (exact) mass is 409 g/mol. The number of likely N-dealkylation sites (tertiary alicyclic amines) is 1. The molecule has 1 atom stereocenters. The summed E-state index contributed by atoms with van der Waals surface area (Å²) in [7, 11) is -1.17. The standard InChI is InChI=1S/C22H23N3O3S/c26-22(25-12-4-5-13-25)19-10-8-18(9-11-19)15-29(27)16-21-23-20(24-28-21)14-17-6-2-1-3-7-17/h1-3,6-11H,4-5,12-16H2. The van der Waals surface area contributed by atoms with E-state index in [1.165, 1.54) is 0 Å². The van der Waals surface area contributed by atoms with Gasteiger partial charge in [0.15, 0.2) is 5.82 Å². The van der Waals surface area contributed by atoms with Gasteiger partial charge < -0.3 is 9.42 Å². The number of amides is 1. The number of hydrogen-bond donors (Lipinski definition) is 0. The van der Waals surface area contributed by atoms with Crippen LogP contribution in [0.5, 0.6) is 0 Å². The van der Waals surface area contributed by atoms with E-state index in [9.17, 15) is 9.00 Å². The van der Waals surface area contributed by atoms with Crippen LogP contribution >= 0.6 is 0 Å². The van der Waals surface area contributed by atoms with Crippen LogP contribution in [0.15, 0.2) is 59.1 Å². The van der Waals surface area contributed by atoms with Crippen molar-refractivity contribution in [3.63, 3.8) is 0 Å². The Kier molecular flexibility index (Phi) is 6.14. The van der Waals surface area contributed by atoms with E-state index in [-0.39, 0.29) is 11.7 Å². The highest BCUT2D eigenvalue weighted by Gasteiger charge is 2.19. The first-order valence-corrected chi connectivity index (χ1v) is 11.2. The summed E-state index contributed by atoms with van der Waals surface area (Å²) in [4.78, 5) is 18.6. The summed E-state index contributed by atoms with van der Waals surface area (Å²) in [5.41, 5.74) is 2.71. The molecule has 1 aromatic heterocycles. The highest BCUT2D eigenvalue weighted by molar-refractivity contribution is 7.83. The molecule has 1 unspecified atom stereocenters. The maximum Gasteiger partial charge on any atom is 0.253 e. The van der Waals surface area contributed by atoms with E-state index >= 15 is 0 Å². The molecule has 0 radical (unpaired) electrons. The van der Waals surface area contributed by atoms with Crippen molar-refractivity contribution in [2.45, 2.75) is 30.8 Å². The third kappa shape index (κ3) is 5.17. The second kappa shape index (κ2) is 9.13. The van der Waals surface area contributed by atoms with Gasteiger partial charge in [-0.25, -0.2) is 0 Å². The van der Waals surface area contributed by atoms with Gasteiger partial charge in [0.2, 0.25) is 5.89 Å². The minimum Gasteiger partial charge on any atom is -0.339 e. The van der Waals surface area contributed by atoms with Crippen LogP contribution in [0.3, 0.4) is 0 Å². The molecule has 0 bridgehead atoms. The van der Waals surface area contributed by atoms with Crippen LogP contribution in [-0.4, -0.2) is 38.2 Å². The van der Waals surface area contributed by atoms with Crippen LogP contribution in [0.25, 0.3) is 0 Å². The van der Waals surface area contributed by atoms with Gasteiger partial charge in [-0.15, -0.1) is 0 Å². The maximum atomic E-state index is 12.5. The van der Waals surface area contributed by atoms with Crippen molar-refractivity contribution in [2.24, 2.45) is 0 Å². The zero-order valence-corrected chi connectivity index (χ0v) is 16.9. The first kappa shape index (κ1) is 19.5. The largest absolute Gasteiger partial charge is 0.339 e. The van der Waals surface area contributed by atoms with Crippen molar-refractivity contribution >= 4 is 16.7 Å². The van der Waals surface area contributed by atoms with Crippen LogP contribution in [-0.2, 0) is 28.7 Å². The molecule has 2 heterocycles. The molecule has 4 rings (SSSR count). The number of rotatable bonds is 7. The molecule has 0 saturated carbocycles. The first-order chi connectivity index (χ1) is 14.2. The van der Waals surface area contributed by atoms with Crippen LogP contribution in [0.2, 0.25) is 0 Å². The van der Waals surface area contributed by atoms with Crippen LogP contribution in [0, 0.1) is 0 Å². The molecule has 0 aliphatic carbocycles. The Balaban J connectivity index is 1.31. The van der Waals surface area contributed by atoms with Gasteiger partial charge in [-0.1, -0.05) is 47.6 Å². The van der Waals surface area contributed by atoms with Crippen molar-refractivity contribution in [3.8, 4) is 0 Å². The first-order valence-electron chi connectivity index (χ1n) is 9.76. The summed E-state index contributed by atoms with van der Waals surface area (Å²) >= 11 is 0. The van der Waals surface area contributed by atoms with Gasteiger partial charge in [0.1, 0.15) is 5.75 Å². The number of benzene rings is 2.